The molecule has 1 amide bonds. The molecule has 9 heteroatoms. The van der Waals surface area contributed by atoms with Gasteiger partial charge in [-0.1, -0.05) is 12.1 Å². The number of carbonyl (C=O) groups is 2. The van der Waals surface area contributed by atoms with E-state index in [4.69, 9.17) is 9.84 Å². The topological polar surface area (TPSA) is 128 Å². The first-order chi connectivity index (χ1) is 9.97. The molecule has 9 nitrogen and oxygen atoms in total. The Labute approximate surface area is 119 Å². The lowest BCUT2D eigenvalue weighted by atomic mass is 10.1. The van der Waals surface area contributed by atoms with Gasteiger partial charge in [0.2, 0.25) is 0 Å². The van der Waals surface area contributed by atoms with Gasteiger partial charge in [-0.3, -0.25) is 4.79 Å². The van der Waals surface area contributed by atoms with Gasteiger partial charge < -0.3 is 20.0 Å². The lowest BCUT2D eigenvalue weighted by Crippen LogP contribution is -2.31. The summed E-state index contributed by atoms with van der Waals surface area (Å²) in [5.74, 6) is -0.901. The van der Waals surface area contributed by atoms with Crippen LogP contribution in [0.15, 0.2) is 24.3 Å². The van der Waals surface area contributed by atoms with Crippen LogP contribution in [-0.2, 0) is 16.1 Å². The maximum absolute atomic E-state index is 11.2. The molecule has 0 saturated carbocycles. The summed E-state index contributed by atoms with van der Waals surface area (Å²) in [6, 6.07) is 6.49. The average molecular weight is 298 g/mol. The van der Waals surface area contributed by atoms with Gasteiger partial charge in [-0.15, -0.1) is 10.1 Å². The largest absolute Gasteiger partial charge is 0.480 e. The van der Waals surface area contributed by atoms with Crippen LogP contribution in [0.25, 0.3) is 0 Å². The molecule has 0 aromatic heterocycles. The van der Waals surface area contributed by atoms with Crippen LogP contribution in [0.1, 0.15) is 12.0 Å². The third-order valence-electron chi connectivity index (χ3n) is 2.32. The maximum Gasteiger partial charge on any atom is 0.413 e. The summed E-state index contributed by atoms with van der Waals surface area (Å²) in [7, 11) is 0. The van der Waals surface area contributed by atoms with Crippen molar-refractivity contribution >= 4 is 12.1 Å². The summed E-state index contributed by atoms with van der Waals surface area (Å²) in [5, 5.41) is 19.5. The number of nitrogens with one attached hydrogen (secondary N) is 1. The van der Waals surface area contributed by atoms with E-state index in [-0.39, 0.29) is 12.4 Å². The van der Waals surface area contributed by atoms with Crippen LogP contribution in [0.3, 0.4) is 0 Å². The Morgan fingerprint density at radius 1 is 1.29 bits per heavy atom. The maximum atomic E-state index is 11.2. The zero-order valence-electron chi connectivity index (χ0n) is 11.0. The van der Waals surface area contributed by atoms with Crippen LogP contribution in [-0.4, -0.2) is 35.4 Å². The summed E-state index contributed by atoms with van der Waals surface area (Å²) in [4.78, 5) is 35.6. The van der Waals surface area contributed by atoms with Gasteiger partial charge in [-0.05, 0) is 30.5 Å². The molecule has 0 aliphatic carbocycles. The zero-order valence-corrected chi connectivity index (χ0v) is 11.0. The van der Waals surface area contributed by atoms with E-state index in [9.17, 15) is 19.7 Å². The fourth-order valence-corrected chi connectivity index (χ4v) is 1.43. The van der Waals surface area contributed by atoms with Crippen molar-refractivity contribution in [1.29, 1.82) is 0 Å². The summed E-state index contributed by atoms with van der Waals surface area (Å²) in [6.07, 6.45) is 0.212. The number of ether oxygens (including phenoxy) is 1. The number of carboxylic acids is 1. The quantitative estimate of drug-likeness (QED) is 0.416. The van der Waals surface area contributed by atoms with Gasteiger partial charge in [0.1, 0.15) is 12.3 Å². The number of benzene rings is 1. The lowest BCUT2D eigenvalue weighted by molar-refractivity contribution is -0.757. The number of hydrogen-bond donors (Lipinski definition) is 2. The van der Waals surface area contributed by atoms with Crippen LogP contribution >= 0.6 is 0 Å². The highest BCUT2D eigenvalue weighted by molar-refractivity contribution is 5.77. The van der Waals surface area contributed by atoms with Crippen molar-refractivity contribution in [3.63, 3.8) is 0 Å². The molecule has 0 aliphatic rings. The predicted molar refractivity (Wildman–Crippen MR) is 69.4 cm³/mol. The highest BCUT2D eigenvalue weighted by Gasteiger charge is 2.06. The van der Waals surface area contributed by atoms with Crippen LogP contribution in [0.2, 0.25) is 0 Å². The van der Waals surface area contributed by atoms with Gasteiger partial charge in [-0.2, -0.15) is 0 Å². The molecule has 114 valence electrons. The third kappa shape index (κ3) is 7.35. The third-order valence-corrected chi connectivity index (χ3v) is 2.32. The summed E-state index contributed by atoms with van der Waals surface area (Å²) < 4.78 is 4.85. The van der Waals surface area contributed by atoms with Crippen molar-refractivity contribution < 1.29 is 29.4 Å². The minimum absolute atomic E-state index is 0.0167. The zero-order chi connectivity index (χ0) is 15.7. The number of aryl methyl sites for hydroxylation is 1. The molecule has 1 rings (SSSR count). The van der Waals surface area contributed by atoms with E-state index in [1.54, 1.807) is 24.3 Å². The highest BCUT2D eigenvalue weighted by atomic mass is 16.9. The molecule has 1 aromatic rings. The summed E-state index contributed by atoms with van der Waals surface area (Å²) in [5.41, 5.74) is 0.903. The van der Waals surface area contributed by atoms with Gasteiger partial charge in [-0.25, -0.2) is 4.79 Å². The second kappa shape index (κ2) is 8.35. The van der Waals surface area contributed by atoms with E-state index < -0.39 is 23.7 Å². The van der Waals surface area contributed by atoms with Gasteiger partial charge >= 0.3 is 12.1 Å². The van der Waals surface area contributed by atoms with E-state index in [1.807, 2.05) is 0 Å². The molecule has 1 aromatic carbocycles. The van der Waals surface area contributed by atoms with Crippen LogP contribution in [0.4, 0.5) is 4.79 Å². The number of nitrogens with zero attached hydrogens (tertiary/aromatic N) is 1. The van der Waals surface area contributed by atoms with Crippen LogP contribution < -0.4 is 10.1 Å². The molecule has 0 fully saturated rings. The normalized spacial score (nSPS) is 9.71. The minimum atomic E-state index is -1.17. The monoisotopic (exact) mass is 298 g/mol. The highest BCUT2D eigenvalue weighted by Crippen LogP contribution is 2.13. The molecule has 0 atom stereocenters. The van der Waals surface area contributed by atoms with E-state index in [0.717, 1.165) is 5.56 Å². The van der Waals surface area contributed by atoms with Crippen molar-refractivity contribution in [3.8, 4) is 5.75 Å². The van der Waals surface area contributed by atoms with Crippen molar-refractivity contribution in [2.75, 3.05) is 13.2 Å². The Balaban J connectivity index is 2.34. The van der Waals surface area contributed by atoms with Crippen molar-refractivity contribution in [1.82, 2.24) is 5.32 Å². The number of rotatable bonds is 8. The smallest absolute Gasteiger partial charge is 0.413 e. The lowest BCUT2D eigenvalue weighted by Gasteiger charge is -2.06. The molecule has 0 bridgehead atoms. The van der Waals surface area contributed by atoms with Crippen molar-refractivity contribution in [2.45, 2.75) is 12.8 Å². The van der Waals surface area contributed by atoms with Crippen molar-refractivity contribution in [3.05, 3.63) is 39.9 Å². The van der Waals surface area contributed by atoms with Crippen LogP contribution in [0.5, 0.6) is 5.75 Å². The number of carbonyl (C=O) groups excluding carboxylic acids is 1. The Morgan fingerprint density at radius 3 is 2.52 bits per heavy atom. The first-order valence-electron chi connectivity index (χ1n) is 6.01. The number of aliphatic carboxylic acids is 1. The first-order valence-corrected chi connectivity index (χ1v) is 6.01. The van der Waals surface area contributed by atoms with E-state index in [1.165, 1.54) is 0 Å². The van der Waals surface area contributed by atoms with E-state index >= 15 is 0 Å². The van der Waals surface area contributed by atoms with E-state index in [0.29, 0.717) is 12.8 Å². The predicted octanol–water partition coefficient (Wildman–Crippen LogP) is 1.00. The second-order valence-corrected chi connectivity index (χ2v) is 3.94. The van der Waals surface area contributed by atoms with Crippen molar-refractivity contribution in [2.24, 2.45) is 0 Å². The Bertz CT molecular complexity index is 501. The molecule has 0 aliphatic heterocycles. The average Bonchev–Trinajstić information content (AvgIpc) is 2.43. The van der Waals surface area contributed by atoms with Gasteiger partial charge in [0.05, 0.1) is 6.61 Å². The van der Waals surface area contributed by atoms with Gasteiger partial charge in [0.15, 0.2) is 0 Å². The van der Waals surface area contributed by atoms with Gasteiger partial charge in [0, 0.05) is 0 Å². The first kappa shape index (κ1) is 16.2. The standard InChI is InChI=1S/C12H14N2O7/c15-11(16)8-13-12(17)21-10-5-3-9(4-6-10)2-1-7-20-14(18)19/h3-6H,1-2,7-8H2,(H,13,17)(H,15,16). The fourth-order valence-electron chi connectivity index (χ4n) is 1.43. The fraction of sp³-hybridized carbons (Fsp3) is 0.333. The molecular formula is C12H14N2O7. The molecular weight excluding hydrogens is 284 g/mol. The Hall–Kier alpha value is -2.84. The molecule has 0 radical (unpaired) electrons. The number of carboxylic acid groups (broad SMARTS) is 1. The second-order valence-electron chi connectivity index (χ2n) is 3.94. The van der Waals surface area contributed by atoms with E-state index in [2.05, 4.69) is 10.2 Å². The molecule has 0 saturated heterocycles. The molecule has 0 unspecified atom stereocenters. The molecule has 0 spiro atoms. The number of hydrogen-bond acceptors (Lipinski definition) is 6. The molecule has 2 N–H and O–H groups in total. The minimum Gasteiger partial charge on any atom is -0.480 e. The van der Waals surface area contributed by atoms with Crippen LogP contribution in [0, 0.1) is 10.1 Å². The van der Waals surface area contributed by atoms with Gasteiger partial charge in [0.25, 0.3) is 5.09 Å². The SMILES string of the molecule is O=C(O)CNC(=O)Oc1ccc(CCCO[N+](=O)[O-])cc1. The molecule has 21 heavy (non-hydrogen) atoms. The Kier molecular flexibility index (Phi) is 6.45. The summed E-state index contributed by atoms with van der Waals surface area (Å²) >= 11 is 0. The number of amides is 1. The Morgan fingerprint density at radius 2 is 1.95 bits per heavy atom. The molecule has 0 heterocycles. The summed E-state index contributed by atoms with van der Waals surface area (Å²) in [6.45, 7) is -0.504.